The molecule has 3 heterocycles. The lowest BCUT2D eigenvalue weighted by atomic mass is 10.1. The molecule has 20 heavy (non-hydrogen) atoms. The highest BCUT2D eigenvalue weighted by Crippen LogP contribution is 2.36. The van der Waals surface area contributed by atoms with Gasteiger partial charge in [-0.2, -0.15) is 0 Å². The van der Waals surface area contributed by atoms with E-state index in [1.807, 2.05) is 17.7 Å². The monoisotopic (exact) mass is 274 g/mol. The molecule has 7 heteroatoms. The Morgan fingerprint density at radius 2 is 2.25 bits per heavy atom. The number of aromatic nitrogens is 5. The Labute approximate surface area is 116 Å². The van der Waals surface area contributed by atoms with Crippen LogP contribution in [0, 0.1) is 6.92 Å². The molecule has 2 aliphatic rings. The summed E-state index contributed by atoms with van der Waals surface area (Å²) >= 11 is 0. The second-order valence-corrected chi connectivity index (χ2v) is 5.76. The summed E-state index contributed by atoms with van der Waals surface area (Å²) in [6.07, 6.45) is 4.70. The maximum Gasteiger partial charge on any atom is 0.165 e. The standard InChI is InChI=1S/C13H18N6O/c1-9-7-11(15-20-9)12-3-2-6-18(12)8-13-14-16-17-19(13)10-4-5-10/h7,10,12H,2-6,8H2,1H3/t12-/m0/s1. The molecule has 0 unspecified atom stereocenters. The lowest BCUT2D eigenvalue weighted by Crippen LogP contribution is -2.25. The molecule has 1 aliphatic heterocycles. The molecule has 0 amide bonds. The molecule has 0 N–H and O–H groups in total. The molecule has 0 aromatic carbocycles. The van der Waals surface area contributed by atoms with E-state index in [1.165, 1.54) is 19.3 Å². The maximum absolute atomic E-state index is 5.21. The smallest absolute Gasteiger partial charge is 0.165 e. The number of rotatable bonds is 4. The fourth-order valence-electron chi connectivity index (χ4n) is 2.99. The lowest BCUT2D eigenvalue weighted by Gasteiger charge is -2.21. The first-order valence-corrected chi connectivity index (χ1v) is 7.25. The Hall–Kier alpha value is -1.76. The Bertz CT molecular complexity index is 602. The van der Waals surface area contributed by atoms with Gasteiger partial charge in [-0.25, -0.2) is 4.68 Å². The molecule has 1 saturated heterocycles. The van der Waals surface area contributed by atoms with Gasteiger partial charge < -0.3 is 4.52 Å². The van der Waals surface area contributed by atoms with E-state index in [0.717, 1.165) is 36.8 Å². The normalized spacial score (nSPS) is 23.6. The van der Waals surface area contributed by atoms with Gasteiger partial charge in [-0.1, -0.05) is 5.16 Å². The molecule has 106 valence electrons. The van der Waals surface area contributed by atoms with Crippen molar-refractivity contribution < 1.29 is 4.52 Å². The first kappa shape index (κ1) is 12.0. The van der Waals surface area contributed by atoms with Gasteiger partial charge >= 0.3 is 0 Å². The van der Waals surface area contributed by atoms with Crippen LogP contribution in [0.4, 0.5) is 0 Å². The summed E-state index contributed by atoms with van der Waals surface area (Å²) in [4.78, 5) is 2.40. The summed E-state index contributed by atoms with van der Waals surface area (Å²) in [5.41, 5.74) is 1.03. The number of aryl methyl sites for hydroxylation is 1. The van der Waals surface area contributed by atoms with Gasteiger partial charge in [0.2, 0.25) is 0 Å². The Morgan fingerprint density at radius 3 is 3.00 bits per heavy atom. The molecule has 7 nitrogen and oxygen atoms in total. The van der Waals surface area contributed by atoms with Crippen LogP contribution < -0.4 is 0 Å². The van der Waals surface area contributed by atoms with E-state index in [4.69, 9.17) is 4.52 Å². The average molecular weight is 274 g/mol. The number of tetrazole rings is 1. The van der Waals surface area contributed by atoms with Crippen molar-refractivity contribution in [3.8, 4) is 0 Å². The van der Waals surface area contributed by atoms with Crippen molar-refractivity contribution in [3.05, 3.63) is 23.3 Å². The molecule has 1 aliphatic carbocycles. The van der Waals surface area contributed by atoms with Crippen LogP contribution in [0.15, 0.2) is 10.6 Å². The molecule has 1 saturated carbocycles. The molecule has 4 rings (SSSR count). The van der Waals surface area contributed by atoms with Gasteiger partial charge in [-0.15, -0.1) is 5.10 Å². The second kappa shape index (κ2) is 4.66. The fraction of sp³-hybridized carbons (Fsp3) is 0.692. The summed E-state index contributed by atoms with van der Waals surface area (Å²) in [6, 6.07) is 2.89. The van der Waals surface area contributed by atoms with Crippen molar-refractivity contribution in [1.82, 2.24) is 30.3 Å². The van der Waals surface area contributed by atoms with Crippen LogP contribution >= 0.6 is 0 Å². The average Bonchev–Trinajstić information content (AvgIpc) is 2.86. The largest absolute Gasteiger partial charge is 0.361 e. The van der Waals surface area contributed by atoms with E-state index in [0.29, 0.717) is 12.1 Å². The predicted molar refractivity (Wildman–Crippen MR) is 69.7 cm³/mol. The van der Waals surface area contributed by atoms with Crippen molar-refractivity contribution in [2.75, 3.05) is 6.54 Å². The van der Waals surface area contributed by atoms with E-state index >= 15 is 0 Å². The van der Waals surface area contributed by atoms with Crippen molar-refractivity contribution in [2.24, 2.45) is 0 Å². The molecule has 1 atom stereocenters. The predicted octanol–water partition coefficient (Wildman–Crippen LogP) is 1.64. The minimum Gasteiger partial charge on any atom is -0.361 e. The minimum absolute atomic E-state index is 0.330. The number of hydrogen-bond acceptors (Lipinski definition) is 6. The van der Waals surface area contributed by atoms with Gasteiger partial charge in [0.05, 0.1) is 18.6 Å². The van der Waals surface area contributed by atoms with Crippen LogP contribution in [0.3, 0.4) is 0 Å². The SMILES string of the molecule is Cc1cc([C@@H]2CCCN2Cc2nnnn2C2CC2)no1. The third kappa shape index (κ3) is 2.11. The number of likely N-dealkylation sites (tertiary alicyclic amines) is 1. The zero-order valence-corrected chi connectivity index (χ0v) is 11.6. The minimum atomic E-state index is 0.330. The molecule has 0 radical (unpaired) electrons. The van der Waals surface area contributed by atoms with Crippen LogP contribution in [0.5, 0.6) is 0 Å². The molecule has 2 aromatic rings. The summed E-state index contributed by atoms with van der Waals surface area (Å²) < 4.78 is 7.20. The van der Waals surface area contributed by atoms with E-state index in [9.17, 15) is 0 Å². The summed E-state index contributed by atoms with van der Waals surface area (Å²) in [5.74, 6) is 1.84. The van der Waals surface area contributed by atoms with Gasteiger partial charge in [-0.05, 0) is 49.6 Å². The molecule has 0 spiro atoms. The van der Waals surface area contributed by atoms with Crippen molar-refractivity contribution in [3.63, 3.8) is 0 Å². The first-order chi connectivity index (χ1) is 9.81. The third-order valence-corrected chi connectivity index (χ3v) is 4.15. The zero-order valence-electron chi connectivity index (χ0n) is 11.6. The second-order valence-electron chi connectivity index (χ2n) is 5.76. The van der Waals surface area contributed by atoms with Crippen LogP contribution in [-0.2, 0) is 6.54 Å². The summed E-state index contributed by atoms with van der Waals surface area (Å²) in [6.45, 7) is 3.79. The van der Waals surface area contributed by atoms with E-state index in [2.05, 4.69) is 25.6 Å². The zero-order chi connectivity index (χ0) is 13.5. The highest BCUT2D eigenvalue weighted by molar-refractivity contribution is 5.11. The third-order valence-electron chi connectivity index (χ3n) is 4.15. The van der Waals surface area contributed by atoms with Crippen molar-refractivity contribution in [1.29, 1.82) is 0 Å². The lowest BCUT2D eigenvalue weighted by molar-refractivity contribution is 0.226. The van der Waals surface area contributed by atoms with E-state index in [1.54, 1.807) is 0 Å². The molecular weight excluding hydrogens is 256 g/mol. The van der Waals surface area contributed by atoms with Crippen LogP contribution in [0.25, 0.3) is 0 Å². The Morgan fingerprint density at radius 1 is 1.35 bits per heavy atom. The number of hydrogen-bond donors (Lipinski definition) is 0. The van der Waals surface area contributed by atoms with Crippen molar-refractivity contribution in [2.45, 2.75) is 51.2 Å². The molecule has 0 bridgehead atoms. The first-order valence-electron chi connectivity index (χ1n) is 7.25. The topological polar surface area (TPSA) is 72.9 Å². The van der Waals surface area contributed by atoms with Gasteiger partial charge in [0.25, 0.3) is 0 Å². The maximum atomic E-state index is 5.21. The van der Waals surface area contributed by atoms with Crippen LogP contribution in [-0.4, -0.2) is 36.8 Å². The summed E-state index contributed by atoms with van der Waals surface area (Å²) in [7, 11) is 0. The Kier molecular flexibility index (Phi) is 2.80. The van der Waals surface area contributed by atoms with E-state index in [-0.39, 0.29) is 0 Å². The quantitative estimate of drug-likeness (QED) is 0.844. The van der Waals surface area contributed by atoms with Gasteiger partial charge in [0, 0.05) is 6.07 Å². The van der Waals surface area contributed by atoms with Gasteiger partial charge in [-0.3, -0.25) is 4.90 Å². The van der Waals surface area contributed by atoms with Crippen LogP contribution in [0.1, 0.15) is 55.0 Å². The Balaban J connectivity index is 1.53. The highest BCUT2D eigenvalue weighted by atomic mass is 16.5. The van der Waals surface area contributed by atoms with E-state index < -0.39 is 0 Å². The van der Waals surface area contributed by atoms with Gasteiger partial charge in [0.15, 0.2) is 5.82 Å². The number of nitrogens with zero attached hydrogens (tertiary/aromatic N) is 6. The molecular formula is C13H18N6O. The molecule has 2 aromatic heterocycles. The molecule has 2 fully saturated rings. The van der Waals surface area contributed by atoms with Crippen LogP contribution in [0.2, 0.25) is 0 Å². The highest BCUT2D eigenvalue weighted by Gasteiger charge is 2.32. The fourth-order valence-corrected chi connectivity index (χ4v) is 2.99. The van der Waals surface area contributed by atoms with Crippen molar-refractivity contribution >= 4 is 0 Å². The summed E-state index contributed by atoms with van der Waals surface area (Å²) in [5, 5.41) is 16.3. The van der Waals surface area contributed by atoms with Gasteiger partial charge in [0.1, 0.15) is 11.5 Å².